The number of anilines is 1. The van der Waals surface area contributed by atoms with Gasteiger partial charge in [0.05, 0.1) is 4.90 Å². The van der Waals surface area contributed by atoms with Crippen molar-refractivity contribution in [2.45, 2.75) is 10.5 Å². The zero-order valence-corrected chi connectivity index (χ0v) is 15.6. The molecule has 1 aliphatic rings. The van der Waals surface area contributed by atoms with Gasteiger partial charge in [0.25, 0.3) is 0 Å². The molecule has 27 heavy (non-hydrogen) atoms. The predicted octanol–water partition coefficient (Wildman–Crippen LogP) is 4.38. The van der Waals surface area contributed by atoms with Crippen LogP contribution in [-0.4, -0.2) is 18.3 Å². The van der Waals surface area contributed by atoms with E-state index in [2.05, 4.69) is 0 Å². The quantitative estimate of drug-likeness (QED) is 0.670. The van der Waals surface area contributed by atoms with Crippen molar-refractivity contribution in [3.63, 3.8) is 0 Å². The Bertz CT molecular complexity index is 972. The molecule has 0 aliphatic carbocycles. The van der Waals surface area contributed by atoms with E-state index in [0.29, 0.717) is 21.6 Å². The van der Waals surface area contributed by atoms with E-state index >= 15 is 0 Å². The van der Waals surface area contributed by atoms with Crippen LogP contribution >= 0.6 is 0 Å². The third kappa shape index (κ3) is 2.85. The summed E-state index contributed by atoms with van der Waals surface area (Å²) in [5.41, 5.74) is 1.64. The second-order valence-corrected chi connectivity index (χ2v) is 7.66. The first-order chi connectivity index (χ1) is 12.9. The van der Waals surface area contributed by atoms with Crippen LogP contribution in [0.1, 0.15) is 16.7 Å². The topological polar surface area (TPSA) is 29.5 Å². The molecule has 0 amide bonds. The Morgan fingerprint density at radius 1 is 0.852 bits per heavy atom. The van der Waals surface area contributed by atoms with E-state index in [1.807, 2.05) is 37.2 Å². The van der Waals surface area contributed by atoms with Gasteiger partial charge in [-0.3, -0.25) is 4.18 Å². The van der Waals surface area contributed by atoms with Crippen molar-refractivity contribution in [2.75, 3.05) is 19.0 Å². The fourth-order valence-corrected chi connectivity index (χ4v) is 4.57. The lowest BCUT2D eigenvalue weighted by Crippen LogP contribution is -2.29. The molecule has 3 aromatic rings. The van der Waals surface area contributed by atoms with E-state index in [1.165, 1.54) is 24.3 Å². The monoisotopic (exact) mass is 385 g/mol. The molecule has 0 aromatic heterocycles. The molecular weight excluding hydrogens is 368 g/mol. The van der Waals surface area contributed by atoms with Crippen LogP contribution in [0.25, 0.3) is 0 Å². The van der Waals surface area contributed by atoms with Crippen LogP contribution in [0.3, 0.4) is 0 Å². The highest BCUT2D eigenvalue weighted by Gasteiger charge is 2.48. The molecule has 1 heterocycles. The summed E-state index contributed by atoms with van der Waals surface area (Å²) in [5, 5.41) is 0. The average molecular weight is 385 g/mol. The maximum Gasteiger partial charge on any atom is 0.191 e. The minimum atomic E-state index is -1.72. The van der Waals surface area contributed by atoms with E-state index in [4.69, 9.17) is 4.18 Å². The first kappa shape index (κ1) is 17.8. The van der Waals surface area contributed by atoms with Gasteiger partial charge in [-0.25, -0.2) is 13.0 Å². The van der Waals surface area contributed by atoms with Crippen molar-refractivity contribution in [3.05, 3.63) is 95.1 Å². The summed E-state index contributed by atoms with van der Waals surface area (Å²) in [4.78, 5) is 2.46. The molecule has 0 radical (unpaired) electrons. The van der Waals surface area contributed by atoms with Crippen LogP contribution < -0.4 is 4.90 Å². The van der Waals surface area contributed by atoms with Crippen molar-refractivity contribution in [2.24, 2.45) is 0 Å². The molecule has 0 fully saturated rings. The van der Waals surface area contributed by atoms with Gasteiger partial charge in [0.15, 0.2) is 16.7 Å². The van der Waals surface area contributed by atoms with Gasteiger partial charge >= 0.3 is 0 Å². The van der Waals surface area contributed by atoms with Gasteiger partial charge in [0.2, 0.25) is 0 Å². The van der Waals surface area contributed by atoms with Crippen LogP contribution in [-0.2, 0) is 20.9 Å². The third-order valence-electron chi connectivity index (χ3n) is 4.74. The standard InChI is InChI=1S/C21H17F2NO2S/c1-24(2)18-11-12-19-20(13-18)27(25)26-21(19,14-3-7-16(22)8-4-14)15-5-9-17(23)10-6-15/h3-13H,1-2H3. The number of nitrogens with zero attached hydrogens (tertiary/aromatic N) is 1. The molecule has 0 saturated carbocycles. The van der Waals surface area contributed by atoms with Gasteiger partial charge in [0.1, 0.15) is 11.6 Å². The van der Waals surface area contributed by atoms with Crippen molar-refractivity contribution >= 4 is 16.8 Å². The molecule has 1 unspecified atom stereocenters. The van der Waals surface area contributed by atoms with Gasteiger partial charge in [0, 0.05) is 25.3 Å². The van der Waals surface area contributed by atoms with Crippen molar-refractivity contribution in [3.8, 4) is 0 Å². The predicted molar refractivity (Wildman–Crippen MR) is 101 cm³/mol. The van der Waals surface area contributed by atoms with Crippen molar-refractivity contribution < 1.29 is 17.2 Å². The number of hydrogen-bond acceptors (Lipinski definition) is 3. The first-order valence-corrected chi connectivity index (χ1v) is 9.44. The van der Waals surface area contributed by atoms with E-state index < -0.39 is 16.7 Å². The molecule has 3 aromatic carbocycles. The van der Waals surface area contributed by atoms with Gasteiger partial charge < -0.3 is 4.90 Å². The van der Waals surface area contributed by atoms with Crippen LogP contribution in [0.15, 0.2) is 71.6 Å². The van der Waals surface area contributed by atoms with Crippen molar-refractivity contribution in [1.82, 2.24) is 0 Å². The highest BCUT2D eigenvalue weighted by atomic mass is 32.2. The van der Waals surface area contributed by atoms with Gasteiger partial charge in [-0.15, -0.1) is 0 Å². The fourth-order valence-electron chi connectivity index (χ4n) is 3.36. The minimum absolute atomic E-state index is 0.379. The Kier molecular flexibility index (Phi) is 4.32. The van der Waals surface area contributed by atoms with E-state index in [1.54, 1.807) is 24.3 Å². The van der Waals surface area contributed by atoms with E-state index in [-0.39, 0.29) is 11.6 Å². The average Bonchev–Trinajstić information content (AvgIpc) is 2.96. The Labute approximate surface area is 158 Å². The van der Waals surface area contributed by atoms with Gasteiger partial charge in [-0.1, -0.05) is 30.3 Å². The fraction of sp³-hybridized carbons (Fsp3) is 0.143. The lowest BCUT2D eigenvalue weighted by atomic mass is 9.80. The molecule has 4 rings (SSSR count). The highest BCUT2D eigenvalue weighted by molar-refractivity contribution is 7.80. The summed E-state index contributed by atoms with van der Waals surface area (Å²) in [6.45, 7) is 0. The lowest BCUT2D eigenvalue weighted by Gasteiger charge is -2.29. The summed E-state index contributed by atoms with van der Waals surface area (Å²) in [7, 11) is 3.79. The van der Waals surface area contributed by atoms with Crippen LogP contribution in [0, 0.1) is 11.6 Å². The normalized spacial score (nSPS) is 17.6. The lowest BCUT2D eigenvalue weighted by molar-refractivity contribution is 0.192. The second-order valence-electron chi connectivity index (χ2n) is 6.59. The van der Waals surface area contributed by atoms with Gasteiger partial charge in [-0.2, -0.15) is 0 Å². The Balaban J connectivity index is 2.00. The molecule has 6 heteroatoms. The largest absolute Gasteiger partial charge is 0.378 e. The molecule has 1 atom stereocenters. The Morgan fingerprint density at radius 3 is 1.85 bits per heavy atom. The second kappa shape index (κ2) is 6.55. The van der Waals surface area contributed by atoms with Gasteiger partial charge in [-0.05, 0) is 47.5 Å². The third-order valence-corrected chi connectivity index (χ3v) is 5.84. The maximum atomic E-state index is 13.5. The smallest absolute Gasteiger partial charge is 0.191 e. The summed E-state index contributed by atoms with van der Waals surface area (Å²) >= 11 is -1.72. The summed E-state index contributed by atoms with van der Waals surface area (Å²) in [6.07, 6.45) is 0. The van der Waals surface area contributed by atoms with Crippen molar-refractivity contribution in [1.29, 1.82) is 0 Å². The molecule has 0 spiro atoms. The first-order valence-electron chi connectivity index (χ1n) is 8.37. The van der Waals surface area contributed by atoms with Crippen LogP contribution in [0.5, 0.6) is 0 Å². The van der Waals surface area contributed by atoms with E-state index in [9.17, 15) is 13.0 Å². The SMILES string of the molecule is CN(C)c1ccc2c(c1)S(=O)OC2(c1ccc(F)cc1)c1ccc(F)cc1. The summed E-state index contributed by atoms with van der Waals surface area (Å²) in [6, 6.07) is 17.3. The van der Waals surface area contributed by atoms with E-state index in [0.717, 1.165) is 5.69 Å². The number of benzene rings is 3. The summed E-state index contributed by atoms with van der Waals surface area (Å²) in [5.74, 6) is -0.759. The van der Waals surface area contributed by atoms with Crippen LogP contribution in [0.2, 0.25) is 0 Å². The molecule has 1 aliphatic heterocycles. The molecule has 0 saturated heterocycles. The number of rotatable bonds is 3. The molecule has 0 bridgehead atoms. The number of fused-ring (bicyclic) bond motifs is 1. The molecular formula is C21H17F2NO2S. The summed E-state index contributed by atoms with van der Waals surface area (Å²) < 4.78 is 45.9. The van der Waals surface area contributed by atoms with Crippen LogP contribution in [0.4, 0.5) is 14.5 Å². The Hall–Kier alpha value is -2.57. The molecule has 3 nitrogen and oxygen atoms in total. The minimum Gasteiger partial charge on any atom is -0.378 e. The highest BCUT2D eigenvalue weighted by Crippen LogP contribution is 2.49. The zero-order chi connectivity index (χ0) is 19.2. The zero-order valence-electron chi connectivity index (χ0n) is 14.8. The number of halogens is 2. The molecule has 138 valence electrons. The molecule has 0 N–H and O–H groups in total. The Morgan fingerprint density at radius 2 is 1.37 bits per heavy atom. The maximum absolute atomic E-state index is 13.5. The number of hydrogen-bond donors (Lipinski definition) is 0.